The van der Waals surface area contributed by atoms with Gasteiger partial charge in [0.2, 0.25) is 0 Å². The van der Waals surface area contributed by atoms with Gasteiger partial charge < -0.3 is 0 Å². The summed E-state index contributed by atoms with van der Waals surface area (Å²) >= 11 is 1.40. The van der Waals surface area contributed by atoms with E-state index in [2.05, 4.69) is 5.92 Å². The number of benzene rings is 1. The minimum Gasteiger partial charge on any atom is -0.219 e. The largest absolute Gasteiger partial charge is 0.219 e. The Balaban J connectivity index is 2.69. The molecule has 0 atom stereocenters. The van der Waals surface area contributed by atoms with Crippen molar-refractivity contribution < 1.29 is 8.42 Å². The summed E-state index contributed by atoms with van der Waals surface area (Å²) in [6.45, 7) is 1.92. The highest BCUT2D eigenvalue weighted by Crippen LogP contribution is 2.15. The molecule has 0 spiro atoms. The molecule has 90 valence electrons. The summed E-state index contributed by atoms with van der Waals surface area (Å²) in [5.41, 5.74) is 1.04. The zero-order chi connectivity index (χ0) is 12.7. The van der Waals surface area contributed by atoms with Gasteiger partial charge in [-0.05, 0) is 24.5 Å². The van der Waals surface area contributed by atoms with Crippen molar-refractivity contribution in [2.24, 2.45) is 0 Å². The van der Waals surface area contributed by atoms with Crippen LogP contribution in [0.3, 0.4) is 0 Å². The molecule has 0 saturated carbocycles. The predicted molar refractivity (Wildman–Crippen MR) is 73.4 cm³/mol. The maximum absolute atomic E-state index is 11.8. The van der Waals surface area contributed by atoms with E-state index in [4.69, 9.17) is 6.42 Å². The average molecular weight is 266 g/mol. The summed E-state index contributed by atoms with van der Waals surface area (Å²) < 4.78 is 23.7. The number of rotatable bonds is 5. The van der Waals surface area contributed by atoms with Crippen molar-refractivity contribution in [1.29, 1.82) is 0 Å². The Morgan fingerprint density at radius 1 is 1.35 bits per heavy atom. The fraction of sp³-hybridized carbons (Fsp3) is 0.231. The zero-order valence-electron chi connectivity index (χ0n) is 9.59. The Morgan fingerprint density at radius 2 is 2.00 bits per heavy atom. The lowest BCUT2D eigenvalue weighted by Crippen LogP contribution is -1.95. The summed E-state index contributed by atoms with van der Waals surface area (Å²) in [6.07, 6.45) is 5.73. The third-order valence-corrected chi connectivity index (χ3v) is 4.41. The summed E-state index contributed by atoms with van der Waals surface area (Å²) in [6, 6.07) is 6.79. The van der Waals surface area contributed by atoms with Gasteiger partial charge in [0.15, 0.2) is 9.84 Å². The first-order chi connectivity index (χ1) is 8.06. The molecule has 1 aromatic rings. The van der Waals surface area contributed by atoms with E-state index < -0.39 is 9.84 Å². The second-order valence-electron chi connectivity index (χ2n) is 3.46. The van der Waals surface area contributed by atoms with E-state index in [1.807, 2.05) is 6.92 Å². The van der Waals surface area contributed by atoms with Gasteiger partial charge in [0.05, 0.1) is 4.90 Å². The number of terminal acetylenes is 1. The lowest BCUT2D eigenvalue weighted by Gasteiger charge is -1.99. The van der Waals surface area contributed by atoms with Crippen LogP contribution in [-0.2, 0) is 9.84 Å². The minimum atomic E-state index is -3.32. The van der Waals surface area contributed by atoms with Crippen molar-refractivity contribution in [3.63, 3.8) is 0 Å². The first-order valence-corrected chi connectivity index (χ1v) is 7.69. The molecule has 0 fully saturated rings. The third kappa shape index (κ3) is 4.68. The lowest BCUT2D eigenvalue weighted by atomic mass is 10.2. The normalized spacial score (nSPS) is 11.5. The molecule has 2 nitrogen and oxygen atoms in total. The van der Waals surface area contributed by atoms with Crippen LogP contribution in [-0.4, -0.2) is 14.2 Å². The smallest absolute Gasteiger partial charge is 0.200 e. The van der Waals surface area contributed by atoms with Gasteiger partial charge in [0.1, 0.15) is 0 Å². The molecule has 1 rings (SSSR count). The van der Waals surface area contributed by atoms with Crippen LogP contribution in [0.2, 0.25) is 0 Å². The molecule has 0 radical (unpaired) electrons. The van der Waals surface area contributed by atoms with E-state index >= 15 is 0 Å². The number of thioether (sulfide) groups is 1. The van der Waals surface area contributed by atoms with Gasteiger partial charge in [-0.2, -0.15) is 0 Å². The molecule has 0 aliphatic rings. The minimum absolute atomic E-state index is 0.317. The number of hydrogen-bond acceptors (Lipinski definition) is 3. The van der Waals surface area contributed by atoms with E-state index in [-0.39, 0.29) is 0 Å². The molecular formula is C13H14O2S2. The SMILES string of the molecule is C#CCCS/C=C/S(=O)(=O)c1ccc(C)cc1. The summed E-state index contributed by atoms with van der Waals surface area (Å²) in [5.74, 6) is 3.23. The molecule has 4 heteroatoms. The highest BCUT2D eigenvalue weighted by Gasteiger charge is 2.08. The van der Waals surface area contributed by atoms with Crippen LogP contribution in [0, 0.1) is 19.3 Å². The molecular weight excluding hydrogens is 252 g/mol. The van der Waals surface area contributed by atoms with Gasteiger partial charge in [-0.3, -0.25) is 0 Å². The van der Waals surface area contributed by atoms with Crippen LogP contribution < -0.4 is 0 Å². The fourth-order valence-electron chi connectivity index (χ4n) is 1.10. The standard InChI is InChI=1S/C13H14O2S2/c1-3-4-9-16-10-11-17(14,15)13-7-5-12(2)6-8-13/h1,5-8,10-11H,4,9H2,2H3/b11-10+. The highest BCUT2D eigenvalue weighted by molar-refractivity contribution is 8.03. The number of sulfone groups is 1. The Labute approximate surface area is 107 Å². The van der Waals surface area contributed by atoms with E-state index in [9.17, 15) is 8.42 Å². The van der Waals surface area contributed by atoms with Crippen LogP contribution in [0.4, 0.5) is 0 Å². The Morgan fingerprint density at radius 3 is 2.59 bits per heavy atom. The second-order valence-corrected chi connectivity index (χ2v) is 6.30. The molecule has 0 N–H and O–H groups in total. The monoisotopic (exact) mass is 266 g/mol. The molecule has 0 bridgehead atoms. The Bertz CT molecular complexity index is 520. The van der Waals surface area contributed by atoms with E-state index in [1.54, 1.807) is 29.7 Å². The van der Waals surface area contributed by atoms with Gasteiger partial charge in [-0.15, -0.1) is 24.1 Å². The average Bonchev–Trinajstić information content (AvgIpc) is 2.29. The van der Waals surface area contributed by atoms with Gasteiger partial charge in [0.25, 0.3) is 0 Å². The molecule has 1 aromatic carbocycles. The first kappa shape index (κ1) is 13.9. The van der Waals surface area contributed by atoms with Gasteiger partial charge >= 0.3 is 0 Å². The van der Waals surface area contributed by atoms with Crippen LogP contribution in [0.25, 0.3) is 0 Å². The van der Waals surface area contributed by atoms with E-state index in [0.717, 1.165) is 11.3 Å². The number of aryl methyl sites for hydroxylation is 1. The molecule has 0 heterocycles. The quantitative estimate of drug-likeness (QED) is 0.607. The first-order valence-electron chi connectivity index (χ1n) is 5.09. The molecule has 0 aromatic heterocycles. The van der Waals surface area contributed by atoms with Crippen molar-refractivity contribution in [3.05, 3.63) is 40.6 Å². The summed E-state index contributed by atoms with van der Waals surface area (Å²) in [5, 5.41) is 2.80. The molecule has 0 aliphatic heterocycles. The van der Waals surface area contributed by atoms with Crippen LogP contribution in [0.1, 0.15) is 12.0 Å². The Kier molecular flexibility index (Phi) is 5.33. The molecule has 0 saturated heterocycles. The number of hydrogen-bond donors (Lipinski definition) is 0. The molecule has 0 amide bonds. The van der Waals surface area contributed by atoms with Crippen molar-refractivity contribution in [1.82, 2.24) is 0 Å². The zero-order valence-corrected chi connectivity index (χ0v) is 11.2. The van der Waals surface area contributed by atoms with E-state index in [1.165, 1.54) is 17.2 Å². The lowest BCUT2D eigenvalue weighted by molar-refractivity contribution is 0.604. The van der Waals surface area contributed by atoms with Crippen molar-refractivity contribution >= 4 is 21.6 Å². The maximum atomic E-state index is 11.8. The molecule has 17 heavy (non-hydrogen) atoms. The molecule has 0 aliphatic carbocycles. The predicted octanol–water partition coefficient (Wildman–Crippen LogP) is 3.00. The summed E-state index contributed by atoms with van der Waals surface area (Å²) in [4.78, 5) is 0.317. The topological polar surface area (TPSA) is 34.1 Å². The van der Waals surface area contributed by atoms with Crippen molar-refractivity contribution in [2.75, 3.05) is 5.75 Å². The van der Waals surface area contributed by atoms with Crippen LogP contribution >= 0.6 is 11.8 Å². The Hall–Kier alpha value is -1.18. The van der Waals surface area contributed by atoms with E-state index in [0.29, 0.717) is 11.3 Å². The van der Waals surface area contributed by atoms with Crippen LogP contribution in [0.15, 0.2) is 40.0 Å². The molecule has 0 unspecified atom stereocenters. The van der Waals surface area contributed by atoms with Crippen molar-refractivity contribution in [3.8, 4) is 12.3 Å². The van der Waals surface area contributed by atoms with Crippen molar-refractivity contribution in [2.45, 2.75) is 18.2 Å². The summed E-state index contributed by atoms with van der Waals surface area (Å²) in [7, 11) is -3.32. The maximum Gasteiger partial charge on any atom is 0.200 e. The van der Waals surface area contributed by atoms with Crippen LogP contribution in [0.5, 0.6) is 0 Å². The highest BCUT2D eigenvalue weighted by atomic mass is 32.2. The van der Waals surface area contributed by atoms with Gasteiger partial charge in [-0.25, -0.2) is 8.42 Å². The third-order valence-electron chi connectivity index (χ3n) is 2.04. The second kappa shape index (κ2) is 6.53. The van der Waals surface area contributed by atoms with Gasteiger partial charge in [-0.1, -0.05) is 17.7 Å². The fourth-order valence-corrected chi connectivity index (χ4v) is 3.05. The van der Waals surface area contributed by atoms with Gasteiger partial charge in [0, 0.05) is 17.6 Å².